The molecule has 5 nitrogen and oxygen atoms in total. The van der Waals surface area contributed by atoms with E-state index in [2.05, 4.69) is 20.1 Å². The SMILES string of the molecule is CC(Sc1nnc(-c2ccccc2Cl)n1C1CCCC1)C(=O)Nc1ccccc1F. The van der Waals surface area contributed by atoms with Crippen molar-refractivity contribution in [1.82, 2.24) is 14.8 Å². The molecule has 1 aliphatic rings. The number of aromatic nitrogens is 3. The van der Waals surface area contributed by atoms with Crippen LogP contribution in [0, 0.1) is 5.82 Å². The summed E-state index contributed by atoms with van der Waals surface area (Å²) < 4.78 is 16.0. The van der Waals surface area contributed by atoms with E-state index in [1.54, 1.807) is 25.1 Å². The van der Waals surface area contributed by atoms with Gasteiger partial charge in [0, 0.05) is 11.6 Å². The number of hydrogen-bond donors (Lipinski definition) is 1. The van der Waals surface area contributed by atoms with Crippen molar-refractivity contribution in [2.75, 3.05) is 5.32 Å². The molecule has 4 rings (SSSR count). The molecule has 0 aliphatic heterocycles. The normalized spacial score (nSPS) is 15.3. The van der Waals surface area contributed by atoms with E-state index in [4.69, 9.17) is 11.6 Å². The number of rotatable bonds is 6. The zero-order valence-corrected chi connectivity index (χ0v) is 18.1. The molecule has 1 atom stereocenters. The summed E-state index contributed by atoms with van der Waals surface area (Å²) in [5.74, 6) is -0.0275. The lowest BCUT2D eigenvalue weighted by Crippen LogP contribution is -2.23. The molecule has 1 fully saturated rings. The predicted octanol–water partition coefficient (Wildman–Crippen LogP) is 5.97. The number of halogens is 2. The van der Waals surface area contributed by atoms with E-state index in [9.17, 15) is 9.18 Å². The van der Waals surface area contributed by atoms with Crippen molar-refractivity contribution in [2.45, 2.75) is 49.1 Å². The van der Waals surface area contributed by atoms with E-state index >= 15 is 0 Å². The molecule has 0 bridgehead atoms. The molecule has 0 spiro atoms. The van der Waals surface area contributed by atoms with Crippen LogP contribution in [-0.2, 0) is 4.79 Å². The van der Waals surface area contributed by atoms with Crippen molar-refractivity contribution in [1.29, 1.82) is 0 Å². The van der Waals surface area contributed by atoms with Crippen molar-refractivity contribution < 1.29 is 9.18 Å². The molecule has 30 heavy (non-hydrogen) atoms. The third-order valence-corrected chi connectivity index (χ3v) is 6.64. The van der Waals surface area contributed by atoms with Gasteiger partial charge in [-0.05, 0) is 44.0 Å². The molecule has 1 N–H and O–H groups in total. The molecule has 1 aromatic heterocycles. The number of carbonyl (C=O) groups excluding carboxylic acids is 1. The summed E-state index contributed by atoms with van der Waals surface area (Å²) >= 11 is 7.74. The number of carbonyl (C=O) groups is 1. The number of thioether (sulfide) groups is 1. The molecule has 1 amide bonds. The summed E-state index contributed by atoms with van der Waals surface area (Å²) in [4.78, 5) is 12.7. The van der Waals surface area contributed by atoms with Crippen LogP contribution in [-0.4, -0.2) is 25.9 Å². The van der Waals surface area contributed by atoms with Gasteiger partial charge in [-0.3, -0.25) is 9.36 Å². The maximum Gasteiger partial charge on any atom is 0.237 e. The van der Waals surface area contributed by atoms with Crippen LogP contribution in [0.15, 0.2) is 53.7 Å². The number of hydrogen-bond acceptors (Lipinski definition) is 4. The molecule has 8 heteroatoms. The molecule has 1 heterocycles. The van der Waals surface area contributed by atoms with Crippen LogP contribution >= 0.6 is 23.4 Å². The van der Waals surface area contributed by atoms with E-state index in [1.807, 2.05) is 24.3 Å². The standard InChI is InChI=1S/C22H22ClFN4OS/c1-14(21(29)25-19-13-7-6-12-18(19)24)30-22-27-26-20(16-10-4-5-11-17(16)23)28(22)15-8-2-3-9-15/h4-7,10-15H,2-3,8-9H2,1H3,(H,25,29). The quantitative estimate of drug-likeness (QED) is 0.475. The highest BCUT2D eigenvalue weighted by atomic mass is 35.5. The van der Waals surface area contributed by atoms with Crippen molar-refractivity contribution >= 4 is 35.0 Å². The Bertz CT molecular complexity index is 1050. The average molecular weight is 445 g/mol. The largest absolute Gasteiger partial charge is 0.323 e. The minimum absolute atomic E-state index is 0.170. The van der Waals surface area contributed by atoms with Crippen LogP contribution in [0.1, 0.15) is 38.6 Å². The molecule has 0 radical (unpaired) electrons. The Balaban J connectivity index is 1.60. The van der Waals surface area contributed by atoms with Crippen LogP contribution in [0.3, 0.4) is 0 Å². The van der Waals surface area contributed by atoms with Crippen LogP contribution in [0.4, 0.5) is 10.1 Å². The Morgan fingerprint density at radius 1 is 1.17 bits per heavy atom. The molecular formula is C22H22ClFN4OS. The summed E-state index contributed by atoms with van der Waals surface area (Å²) in [6.07, 6.45) is 4.38. The second kappa shape index (κ2) is 9.18. The summed E-state index contributed by atoms with van der Waals surface area (Å²) in [5.41, 5.74) is 0.998. The monoisotopic (exact) mass is 444 g/mol. The number of para-hydroxylation sites is 1. The van der Waals surface area contributed by atoms with Gasteiger partial charge in [-0.2, -0.15) is 0 Å². The first-order chi connectivity index (χ1) is 14.5. The number of anilines is 1. The molecule has 156 valence electrons. The van der Waals surface area contributed by atoms with Crippen LogP contribution in [0.2, 0.25) is 5.02 Å². The van der Waals surface area contributed by atoms with Crippen LogP contribution in [0.25, 0.3) is 11.4 Å². The van der Waals surface area contributed by atoms with Crippen molar-refractivity contribution in [3.05, 3.63) is 59.4 Å². The highest BCUT2D eigenvalue weighted by Gasteiger charge is 2.28. The minimum atomic E-state index is -0.479. The fraction of sp³-hybridized carbons (Fsp3) is 0.318. The van der Waals surface area contributed by atoms with Crippen molar-refractivity contribution in [2.24, 2.45) is 0 Å². The molecule has 3 aromatic rings. The Labute approximate surface area is 184 Å². The Kier molecular flexibility index (Phi) is 6.39. The maximum atomic E-state index is 13.9. The third kappa shape index (κ3) is 4.37. The topological polar surface area (TPSA) is 59.8 Å². The fourth-order valence-electron chi connectivity index (χ4n) is 3.68. The minimum Gasteiger partial charge on any atom is -0.323 e. The van der Waals surface area contributed by atoms with Gasteiger partial charge in [-0.15, -0.1) is 10.2 Å². The molecule has 0 saturated heterocycles. The van der Waals surface area contributed by atoms with Crippen LogP contribution < -0.4 is 5.32 Å². The van der Waals surface area contributed by atoms with Gasteiger partial charge >= 0.3 is 0 Å². The Morgan fingerprint density at radius 2 is 1.87 bits per heavy atom. The molecule has 1 aliphatic carbocycles. The first kappa shape index (κ1) is 20.9. The lowest BCUT2D eigenvalue weighted by Gasteiger charge is -2.19. The third-order valence-electron chi connectivity index (χ3n) is 5.25. The van der Waals surface area contributed by atoms with Gasteiger partial charge in [0.25, 0.3) is 0 Å². The second-order valence-corrected chi connectivity index (χ2v) is 9.04. The molecule has 2 aromatic carbocycles. The van der Waals surface area contributed by atoms with Crippen molar-refractivity contribution in [3.63, 3.8) is 0 Å². The summed E-state index contributed by atoms with van der Waals surface area (Å²) in [6, 6.07) is 14.0. The smallest absolute Gasteiger partial charge is 0.237 e. The first-order valence-corrected chi connectivity index (χ1v) is 11.2. The molecule has 1 saturated carbocycles. The highest BCUT2D eigenvalue weighted by Crippen LogP contribution is 2.39. The van der Waals surface area contributed by atoms with E-state index < -0.39 is 11.1 Å². The van der Waals surface area contributed by atoms with E-state index in [0.29, 0.717) is 10.2 Å². The first-order valence-electron chi connectivity index (χ1n) is 9.96. The molecular weight excluding hydrogens is 423 g/mol. The Morgan fingerprint density at radius 3 is 2.60 bits per heavy atom. The van der Waals surface area contributed by atoms with Gasteiger partial charge in [0.1, 0.15) is 5.82 Å². The second-order valence-electron chi connectivity index (χ2n) is 7.32. The van der Waals surface area contributed by atoms with Gasteiger partial charge in [-0.25, -0.2) is 4.39 Å². The van der Waals surface area contributed by atoms with Gasteiger partial charge in [0.05, 0.1) is 16.0 Å². The van der Waals surface area contributed by atoms with Gasteiger partial charge in [0.2, 0.25) is 5.91 Å². The fourth-order valence-corrected chi connectivity index (χ4v) is 4.82. The lowest BCUT2D eigenvalue weighted by atomic mass is 10.2. The number of benzene rings is 2. The average Bonchev–Trinajstić information content (AvgIpc) is 3.40. The maximum absolute atomic E-state index is 13.9. The Hall–Kier alpha value is -2.38. The lowest BCUT2D eigenvalue weighted by molar-refractivity contribution is -0.115. The van der Waals surface area contributed by atoms with Gasteiger partial charge < -0.3 is 5.32 Å². The molecule has 1 unspecified atom stereocenters. The summed E-state index contributed by atoms with van der Waals surface area (Å²) in [7, 11) is 0. The number of nitrogens with one attached hydrogen (secondary N) is 1. The number of amides is 1. The van der Waals surface area contributed by atoms with Gasteiger partial charge in [0.15, 0.2) is 11.0 Å². The number of nitrogens with zero attached hydrogens (tertiary/aromatic N) is 3. The van der Waals surface area contributed by atoms with Crippen molar-refractivity contribution in [3.8, 4) is 11.4 Å². The predicted molar refractivity (Wildman–Crippen MR) is 118 cm³/mol. The zero-order chi connectivity index (χ0) is 21.1. The van der Waals surface area contributed by atoms with E-state index in [1.165, 1.54) is 17.8 Å². The highest BCUT2D eigenvalue weighted by molar-refractivity contribution is 8.00. The van der Waals surface area contributed by atoms with Gasteiger partial charge in [-0.1, -0.05) is 60.5 Å². The van der Waals surface area contributed by atoms with E-state index in [0.717, 1.165) is 37.1 Å². The summed E-state index contributed by atoms with van der Waals surface area (Å²) in [5, 5.41) is 12.3. The zero-order valence-electron chi connectivity index (χ0n) is 16.5. The summed E-state index contributed by atoms with van der Waals surface area (Å²) in [6.45, 7) is 1.78. The van der Waals surface area contributed by atoms with Crippen LogP contribution in [0.5, 0.6) is 0 Å². The van der Waals surface area contributed by atoms with E-state index in [-0.39, 0.29) is 17.6 Å².